The Bertz CT molecular complexity index is 896. The number of nitrogens with zero attached hydrogens (tertiary/aromatic N) is 1. The maximum absolute atomic E-state index is 13.4. The third kappa shape index (κ3) is 3.57. The van der Waals surface area contributed by atoms with Gasteiger partial charge in [-0.2, -0.15) is 0 Å². The molecule has 2 aromatic carbocycles. The van der Waals surface area contributed by atoms with Crippen molar-refractivity contribution in [1.82, 2.24) is 4.90 Å². The van der Waals surface area contributed by atoms with Crippen molar-refractivity contribution in [2.24, 2.45) is 0 Å². The molecule has 2 heterocycles. The summed E-state index contributed by atoms with van der Waals surface area (Å²) in [7, 11) is 0. The average molecular weight is 406 g/mol. The van der Waals surface area contributed by atoms with Crippen LogP contribution in [0.3, 0.4) is 0 Å². The highest BCUT2D eigenvalue weighted by Crippen LogP contribution is 2.51. The van der Waals surface area contributed by atoms with E-state index in [4.69, 9.17) is 4.74 Å². The number of piperidine rings is 1. The van der Waals surface area contributed by atoms with Gasteiger partial charge in [-0.25, -0.2) is 0 Å². The second-order valence-corrected chi connectivity index (χ2v) is 9.53. The predicted molar refractivity (Wildman–Crippen MR) is 116 cm³/mol. The molecular weight excluding hydrogens is 374 g/mol. The number of aliphatic hydroxyl groups is 1. The summed E-state index contributed by atoms with van der Waals surface area (Å²) in [6, 6.07) is 18.7. The summed E-state index contributed by atoms with van der Waals surface area (Å²) < 4.78 is 6.60. The van der Waals surface area contributed by atoms with Crippen LogP contribution < -0.4 is 0 Å². The van der Waals surface area contributed by atoms with E-state index in [1.165, 1.54) is 5.56 Å². The Morgan fingerprint density at radius 3 is 2.30 bits per heavy atom. The molecule has 2 aromatic rings. The maximum atomic E-state index is 13.4. The topological polar surface area (TPSA) is 49.8 Å². The van der Waals surface area contributed by atoms with E-state index in [9.17, 15) is 9.90 Å². The maximum Gasteiger partial charge on any atom is 0.233 e. The van der Waals surface area contributed by atoms with Crippen LogP contribution in [0, 0.1) is 6.92 Å². The molecule has 158 valence electrons. The molecule has 1 spiro atoms. The van der Waals surface area contributed by atoms with Gasteiger partial charge in [0.2, 0.25) is 5.91 Å². The molecule has 0 aromatic heterocycles. The van der Waals surface area contributed by atoms with Gasteiger partial charge in [0.05, 0.1) is 23.2 Å². The monoisotopic (exact) mass is 405 g/mol. The molecule has 0 unspecified atom stereocenters. The van der Waals surface area contributed by atoms with E-state index >= 15 is 0 Å². The minimum atomic E-state index is -0.353. The second kappa shape index (κ2) is 7.51. The predicted octanol–water partition coefficient (Wildman–Crippen LogP) is 4.30. The molecule has 1 amide bonds. The number of aliphatic hydroxyl groups excluding tert-OH is 1. The molecule has 0 bridgehead atoms. The molecule has 5 rings (SSSR count). The second-order valence-electron chi connectivity index (χ2n) is 9.53. The number of rotatable bonds is 3. The Morgan fingerprint density at radius 2 is 1.67 bits per heavy atom. The normalized spacial score (nSPS) is 27.1. The van der Waals surface area contributed by atoms with Crippen LogP contribution in [0.1, 0.15) is 61.3 Å². The first kappa shape index (κ1) is 19.8. The van der Waals surface area contributed by atoms with E-state index in [1.54, 1.807) is 0 Å². The molecular formula is C26H31NO3. The van der Waals surface area contributed by atoms with E-state index < -0.39 is 0 Å². The van der Waals surface area contributed by atoms with Gasteiger partial charge in [-0.3, -0.25) is 4.79 Å². The van der Waals surface area contributed by atoms with Gasteiger partial charge in [0.1, 0.15) is 0 Å². The number of carbonyl (C=O) groups is 1. The van der Waals surface area contributed by atoms with Gasteiger partial charge in [-0.15, -0.1) is 0 Å². The van der Waals surface area contributed by atoms with Crippen LogP contribution >= 0.6 is 0 Å². The van der Waals surface area contributed by atoms with Crippen LogP contribution in [0.4, 0.5) is 0 Å². The van der Waals surface area contributed by atoms with E-state index in [1.807, 2.05) is 23.1 Å². The number of carbonyl (C=O) groups excluding carboxylic acids is 1. The van der Waals surface area contributed by atoms with Crippen LogP contribution in [0.5, 0.6) is 0 Å². The zero-order chi connectivity index (χ0) is 20.8. The fraction of sp³-hybridized carbons (Fsp3) is 0.500. The zero-order valence-electron chi connectivity index (χ0n) is 17.7. The van der Waals surface area contributed by atoms with Gasteiger partial charge in [0.15, 0.2) is 0 Å². The highest BCUT2D eigenvalue weighted by molar-refractivity contribution is 5.91. The van der Waals surface area contributed by atoms with Gasteiger partial charge in [-0.1, -0.05) is 60.2 Å². The molecule has 2 saturated heterocycles. The van der Waals surface area contributed by atoms with Crippen molar-refractivity contribution in [2.45, 2.75) is 68.7 Å². The van der Waals surface area contributed by atoms with Gasteiger partial charge >= 0.3 is 0 Å². The van der Waals surface area contributed by atoms with Crippen molar-refractivity contribution < 1.29 is 14.6 Å². The molecule has 0 radical (unpaired) electrons. The third-order valence-electron chi connectivity index (χ3n) is 7.38. The molecule has 1 N–H and O–H groups in total. The van der Waals surface area contributed by atoms with E-state index in [2.05, 4.69) is 43.3 Å². The SMILES string of the molecule is Cc1ccc(C2(C(=O)N3CCC4(CC3)C[C@H](O)C[C@H](c3ccccc3)O4)CC2)cc1. The summed E-state index contributed by atoms with van der Waals surface area (Å²) >= 11 is 0. The zero-order valence-corrected chi connectivity index (χ0v) is 17.7. The van der Waals surface area contributed by atoms with Crippen LogP contribution in [-0.4, -0.2) is 40.7 Å². The Kier molecular flexibility index (Phi) is 4.95. The number of likely N-dealkylation sites (tertiary alicyclic amines) is 1. The molecule has 3 fully saturated rings. The largest absolute Gasteiger partial charge is 0.393 e. The lowest BCUT2D eigenvalue weighted by molar-refractivity contribution is -0.186. The number of hydrogen-bond donors (Lipinski definition) is 1. The highest BCUT2D eigenvalue weighted by Gasteiger charge is 2.54. The Morgan fingerprint density at radius 1 is 1.00 bits per heavy atom. The minimum absolute atomic E-state index is 0.0699. The molecule has 2 atom stereocenters. The van der Waals surface area contributed by atoms with Crippen molar-refractivity contribution in [3.05, 3.63) is 71.3 Å². The van der Waals surface area contributed by atoms with Crippen LogP contribution in [-0.2, 0) is 14.9 Å². The fourth-order valence-electron chi connectivity index (χ4n) is 5.40. The smallest absolute Gasteiger partial charge is 0.233 e. The molecule has 2 aliphatic heterocycles. The lowest BCUT2D eigenvalue weighted by Crippen LogP contribution is -2.53. The first-order valence-electron chi connectivity index (χ1n) is 11.3. The first-order chi connectivity index (χ1) is 14.5. The summed E-state index contributed by atoms with van der Waals surface area (Å²) in [6.45, 7) is 3.50. The fourth-order valence-corrected chi connectivity index (χ4v) is 5.40. The summed E-state index contributed by atoms with van der Waals surface area (Å²) in [5.41, 5.74) is 2.88. The Labute approximate surface area is 178 Å². The Balaban J connectivity index is 1.28. The molecule has 4 nitrogen and oxygen atoms in total. The summed E-state index contributed by atoms with van der Waals surface area (Å²) in [5.74, 6) is 0.275. The van der Waals surface area contributed by atoms with Crippen molar-refractivity contribution in [2.75, 3.05) is 13.1 Å². The number of ether oxygens (including phenoxy) is 1. The van der Waals surface area contributed by atoms with Crippen LogP contribution in [0.15, 0.2) is 54.6 Å². The standard InChI is InChI=1S/C26H31NO3/c1-19-7-9-21(10-8-19)26(11-12-26)24(29)27-15-13-25(14-16-27)18-22(28)17-23(30-25)20-5-3-2-4-6-20/h2-10,22-23,28H,11-18H2,1H3/t22-,23-/m1/s1. The van der Waals surface area contributed by atoms with Crippen molar-refractivity contribution in [3.63, 3.8) is 0 Å². The number of hydrogen-bond acceptors (Lipinski definition) is 3. The van der Waals surface area contributed by atoms with E-state index in [0.29, 0.717) is 25.9 Å². The summed E-state index contributed by atoms with van der Waals surface area (Å²) in [5, 5.41) is 10.6. The van der Waals surface area contributed by atoms with Gasteiger partial charge in [-0.05, 0) is 43.7 Å². The average Bonchev–Trinajstić information content (AvgIpc) is 3.56. The quantitative estimate of drug-likeness (QED) is 0.828. The molecule has 1 saturated carbocycles. The molecule has 30 heavy (non-hydrogen) atoms. The summed E-state index contributed by atoms with van der Waals surface area (Å²) in [4.78, 5) is 15.5. The number of amides is 1. The molecule has 1 aliphatic carbocycles. The number of benzene rings is 2. The Hall–Kier alpha value is -2.17. The van der Waals surface area contributed by atoms with Gasteiger partial charge in [0, 0.05) is 25.9 Å². The first-order valence-corrected chi connectivity index (χ1v) is 11.3. The van der Waals surface area contributed by atoms with Gasteiger partial charge in [0.25, 0.3) is 0 Å². The molecule has 3 aliphatic rings. The molecule has 4 heteroatoms. The third-order valence-corrected chi connectivity index (χ3v) is 7.38. The number of aryl methyl sites for hydroxylation is 1. The van der Waals surface area contributed by atoms with Crippen LogP contribution in [0.2, 0.25) is 0 Å². The van der Waals surface area contributed by atoms with Crippen molar-refractivity contribution >= 4 is 5.91 Å². The van der Waals surface area contributed by atoms with E-state index in [-0.39, 0.29) is 29.1 Å². The lowest BCUT2D eigenvalue weighted by Gasteiger charge is -2.48. The lowest BCUT2D eigenvalue weighted by atomic mass is 9.80. The van der Waals surface area contributed by atoms with Gasteiger partial charge < -0.3 is 14.7 Å². The van der Waals surface area contributed by atoms with E-state index in [0.717, 1.165) is 36.8 Å². The summed E-state index contributed by atoms with van der Waals surface area (Å²) in [6.07, 6.45) is 4.37. The van der Waals surface area contributed by atoms with Crippen molar-refractivity contribution in [1.29, 1.82) is 0 Å². The minimum Gasteiger partial charge on any atom is -0.393 e. The highest BCUT2D eigenvalue weighted by atomic mass is 16.5. The van der Waals surface area contributed by atoms with Crippen LogP contribution in [0.25, 0.3) is 0 Å². The van der Waals surface area contributed by atoms with Crippen molar-refractivity contribution in [3.8, 4) is 0 Å².